The highest BCUT2D eigenvalue weighted by Crippen LogP contribution is 2.43. The van der Waals surface area contributed by atoms with Gasteiger partial charge in [-0.3, -0.25) is 4.79 Å². The minimum Gasteiger partial charge on any atom is -0.384 e. The first kappa shape index (κ1) is 11.9. The second kappa shape index (κ2) is 4.59. The van der Waals surface area contributed by atoms with E-state index in [0.717, 1.165) is 16.4 Å². The second-order valence-corrected chi connectivity index (χ2v) is 6.41. The molecular formula is C15H15N3OS. The third kappa shape index (κ3) is 2.08. The Bertz CT molecular complexity index is 663. The van der Waals surface area contributed by atoms with Crippen molar-refractivity contribution in [2.45, 2.75) is 24.7 Å². The van der Waals surface area contributed by atoms with Gasteiger partial charge in [0.2, 0.25) is 5.91 Å². The van der Waals surface area contributed by atoms with Crippen LogP contribution in [0, 0.1) is 0 Å². The van der Waals surface area contributed by atoms with Crippen molar-refractivity contribution in [3.8, 4) is 0 Å². The number of aromatic nitrogens is 1. The van der Waals surface area contributed by atoms with Crippen LogP contribution in [0.3, 0.4) is 0 Å². The number of nitrogens with one attached hydrogen (secondary N) is 2. The Balaban J connectivity index is 1.50. The van der Waals surface area contributed by atoms with Gasteiger partial charge in [0.1, 0.15) is 0 Å². The number of benzene rings is 1. The summed E-state index contributed by atoms with van der Waals surface area (Å²) in [6, 6.07) is 7.98. The molecule has 4 nitrogen and oxygen atoms in total. The number of para-hydroxylation sites is 1. The Kier molecular flexibility index (Phi) is 2.73. The van der Waals surface area contributed by atoms with Crippen LogP contribution in [0.4, 0.5) is 10.8 Å². The molecule has 1 unspecified atom stereocenters. The van der Waals surface area contributed by atoms with Crippen molar-refractivity contribution in [3.63, 3.8) is 0 Å². The van der Waals surface area contributed by atoms with E-state index in [2.05, 4.69) is 15.6 Å². The highest BCUT2D eigenvalue weighted by Gasteiger charge is 2.29. The van der Waals surface area contributed by atoms with Gasteiger partial charge in [-0.1, -0.05) is 18.2 Å². The zero-order valence-corrected chi connectivity index (χ0v) is 11.7. The van der Waals surface area contributed by atoms with Crippen LogP contribution in [0.25, 0.3) is 0 Å². The van der Waals surface area contributed by atoms with E-state index in [9.17, 15) is 4.79 Å². The van der Waals surface area contributed by atoms with E-state index >= 15 is 0 Å². The van der Waals surface area contributed by atoms with Crippen molar-refractivity contribution >= 4 is 28.1 Å². The first-order valence-electron chi connectivity index (χ1n) is 6.90. The summed E-state index contributed by atoms with van der Waals surface area (Å²) in [6.07, 6.45) is 4.42. The number of nitrogens with zero attached hydrogens (tertiary/aromatic N) is 1. The predicted octanol–water partition coefficient (Wildman–Crippen LogP) is 3.17. The fourth-order valence-electron chi connectivity index (χ4n) is 2.61. The smallest absolute Gasteiger partial charge is 0.235 e. The lowest BCUT2D eigenvalue weighted by atomic mass is 10.0. The fraction of sp³-hybridized carbons (Fsp3) is 0.333. The molecule has 0 saturated heterocycles. The summed E-state index contributed by atoms with van der Waals surface area (Å²) < 4.78 is 0. The van der Waals surface area contributed by atoms with Crippen molar-refractivity contribution in [1.82, 2.24) is 4.98 Å². The van der Waals surface area contributed by atoms with Crippen LogP contribution in [-0.2, 0) is 4.79 Å². The molecule has 2 aliphatic rings. The molecule has 2 aromatic rings. The first-order chi connectivity index (χ1) is 9.81. The topological polar surface area (TPSA) is 54.0 Å². The average Bonchev–Trinajstić information content (AvgIpc) is 3.06. The largest absolute Gasteiger partial charge is 0.384 e. The Morgan fingerprint density at radius 2 is 2.20 bits per heavy atom. The highest BCUT2D eigenvalue weighted by molar-refractivity contribution is 7.15. The van der Waals surface area contributed by atoms with Gasteiger partial charge in [-0.2, -0.15) is 0 Å². The van der Waals surface area contributed by atoms with E-state index in [0.29, 0.717) is 12.5 Å². The molecule has 2 N–H and O–H groups in total. The highest BCUT2D eigenvalue weighted by atomic mass is 32.1. The maximum absolute atomic E-state index is 12.4. The van der Waals surface area contributed by atoms with Gasteiger partial charge >= 0.3 is 0 Å². The summed E-state index contributed by atoms with van der Waals surface area (Å²) in [5, 5.41) is 6.95. The molecule has 1 aliphatic heterocycles. The Morgan fingerprint density at radius 1 is 1.35 bits per heavy atom. The van der Waals surface area contributed by atoms with Crippen LogP contribution in [0.15, 0.2) is 30.5 Å². The lowest BCUT2D eigenvalue weighted by Crippen LogP contribution is -2.22. The summed E-state index contributed by atoms with van der Waals surface area (Å²) in [5.41, 5.74) is 2.13. The number of anilines is 2. The summed E-state index contributed by atoms with van der Waals surface area (Å²) in [7, 11) is 0. The fourth-order valence-corrected chi connectivity index (χ4v) is 3.60. The maximum atomic E-state index is 12.4. The van der Waals surface area contributed by atoms with Gasteiger partial charge < -0.3 is 10.6 Å². The molecule has 1 amide bonds. The Morgan fingerprint density at radius 3 is 3.05 bits per heavy atom. The predicted molar refractivity (Wildman–Crippen MR) is 80.4 cm³/mol. The Hall–Kier alpha value is -1.88. The van der Waals surface area contributed by atoms with Crippen LogP contribution < -0.4 is 10.6 Å². The number of rotatable bonds is 3. The SMILES string of the molecule is O=C(Nc1ncc(C2CC2)s1)C1CNc2ccccc21. The van der Waals surface area contributed by atoms with Gasteiger partial charge in [0.15, 0.2) is 5.13 Å². The maximum Gasteiger partial charge on any atom is 0.235 e. The molecule has 1 aromatic carbocycles. The standard InChI is InChI=1S/C15H15N3OS/c19-14(11-7-16-12-4-2-1-3-10(11)12)18-15-17-8-13(20-15)9-5-6-9/h1-4,8-9,11,16H,5-7H2,(H,17,18,19). The van der Waals surface area contributed by atoms with Crippen molar-refractivity contribution < 1.29 is 4.79 Å². The molecule has 2 heterocycles. The quantitative estimate of drug-likeness (QED) is 0.910. The van der Waals surface area contributed by atoms with E-state index < -0.39 is 0 Å². The van der Waals surface area contributed by atoms with Crippen molar-refractivity contribution in [2.24, 2.45) is 0 Å². The molecule has 1 saturated carbocycles. The molecule has 4 rings (SSSR count). The van der Waals surface area contributed by atoms with Crippen LogP contribution in [0.5, 0.6) is 0 Å². The van der Waals surface area contributed by atoms with Crippen LogP contribution in [0.1, 0.15) is 35.1 Å². The Labute approximate surface area is 121 Å². The second-order valence-electron chi connectivity index (χ2n) is 5.35. The van der Waals surface area contributed by atoms with E-state index in [1.807, 2.05) is 30.5 Å². The molecule has 102 valence electrons. The van der Waals surface area contributed by atoms with E-state index in [1.54, 1.807) is 11.3 Å². The minimum atomic E-state index is -0.125. The number of fused-ring (bicyclic) bond motifs is 1. The van der Waals surface area contributed by atoms with Crippen molar-refractivity contribution in [1.29, 1.82) is 0 Å². The van der Waals surface area contributed by atoms with E-state index in [1.165, 1.54) is 17.7 Å². The van der Waals surface area contributed by atoms with Gasteiger partial charge in [-0.15, -0.1) is 11.3 Å². The molecule has 1 fully saturated rings. The third-order valence-corrected chi connectivity index (χ3v) is 4.96. The molecule has 5 heteroatoms. The zero-order chi connectivity index (χ0) is 13.5. The normalized spacial score (nSPS) is 20.3. The van der Waals surface area contributed by atoms with Gasteiger partial charge in [0, 0.05) is 23.3 Å². The minimum absolute atomic E-state index is 0.0270. The average molecular weight is 285 g/mol. The van der Waals surface area contributed by atoms with Gasteiger partial charge in [0.25, 0.3) is 0 Å². The monoisotopic (exact) mass is 285 g/mol. The van der Waals surface area contributed by atoms with Crippen LogP contribution in [0.2, 0.25) is 0 Å². The van der Waals surface area contributed by atoms with E-state index in [-0.39, 0.29) is 11.8 Å². The summed E-state index contributed by atoms with van der Waals surface area (Å²) in [6.45, 7) is 0.659. The molecule has 0 radical (unpaired) electrons. The number of carbonyl (C=O) groups excluding carboxylic acids is 1. The molecule has 1 aromatic heterocycles. The number of hydrogen-bond donors (Lipinski definition) is 2. The number of thiazole rings is 1. The van der Waals surface area contributed by atoms with Gasteiger partial charge in [0.05, 0.1) is 5.92 Å². The molecular weight excluding hydrogens is 270 g/mol. The summed E-state index contributed by atoms with van der Waals surface area (Å²) >= 11 is 1.61. The zero-order valence-electron chi connectivity index (χ0n) is 10.9. The summed E-state index contributed by atoms with van der Waals surface area (Å²) in [4.78, 5) is 18.0. The molecule has 20 heavy (non-hydrogen) atoms. The summed E-state index contributed by atoms with van der Waals surface area (Å²) in [5.74, 6) is 0.589. The lowest BCUT2D eigenvalue weighted by Gasteiger charge is -2.09. The number of hydrogen-bond acceptors (Lipinski definition) is 4. The van der Waals surface area contributed by atoms with Gasteiger partial charge in [-0.05, 0) is 30.4 Å². The van der Waals surface area contributed by atoms with Crippen LogP contribution >= 0.6 is 11.3 Å². The number of carbonyl (C=O) groups is 1. The lowest BCUT2D eigenvalue weighted by molar-refractivity contribution is -0.117. The molecule has 0 bridgehead atoms. The van der Waals surface area contributed by atoms with Crippen LogP contribution in [-0.4, -0.2) is 17.4 Å². The van der Waals surface area contributed by atoms with Gasteiger partial charge in [-0.25, -0.2) is 4.98 Å². The molecule has 1 aliphatic carbocycles. The molecule has 1 atom stereocenters. The van der Waals surface area contributed by atoms with Crippen molar-refractivity contribution in [3.05, 3.63) is 40.9 Å². The number of amides is 1. The first-order valence-corrected chi connectivity index (χ1v) is 7.72. The van der Waals surface area contributed by atoms with Crippen molar-refractivity contribution in [2.75, 3.05) is 17.2 Å². The third-order valence-electron chi connectivity index (χ3n) is 3.88. The molecule has 0 spiro atoms. The van der Waals surface area contributed by atoms with E-state index in [4.69, 9.17) is 0 Å².